The van der Waals surface area contributed by atoms with Crippen LogP contribution >= 0.6 is 12.6 Å². The van der Waals surface area contributed by atoms with Gasteiger partial charge in [-0.15, -0.1) is 12.6 Å². The van der Waals surface area contributed by atoms with Crippen LogP contribution in [0, 0.1) is 12.8 Å². The number of rotatable bonds is 3. The molecule has 1 aromatic rings. The number of hydrogen-bond donors (Lipinski definition) is 1. The van der Waals surface area contributed by atoms with Crippen molar-refractivity contribution in [3.8, 4) is 0 Å². The number of benzene rings is 1. The van der Waals surface area contributed by atoms with Crippen molar-refractivity contribution in [1.82, 2.24) is 9.80 Å². The average Bonchev–Trinajstić information content (AvgIpc) is 2.41. The molecule has 0 unspecified atom stereocenters. The normalized spacial score (nSPS) is 16.8. The summed E-state index contributed by atoms with van der Waals surface area (Å²) in [5, 5.41) is 0. The van der Waals surface area contributed by atoms with Gasteiger partial charge in [-0.2, -0.15) is 0 Å². The molecule has 0 bridgehead atoms. The minimum absolute atomic E-state index is 0.141. The van der Waals surface area contributed by atoms with Crippen LogP contribution < -0.4 is 0 Å². The first-order chi connectivity index (χ1) is 9.47. The van der Waals surface area contributed by atoms with Gasteiger partial charge in [-0.05, 0) is 30.5 Å². The topological polar surface area (TPSA) is 23.6 Å². The Kier molecular flexibility index (Phi) is 5.11. The molecular weight excluding hydrogens is 268 g/mol. The van der Waals surface area contributed by atoms with Crippen LogP contribution in [0.5, 0.6) is 0 Å². The second-order valence-electron chi connectivity index (χ2n) is 5.99. The van der Waals surface area contributed by atoms with Crippen LogP contribution in [-0.4, -0.2) is 48.4 Å². The highest BCUT2D eigenvalue weighted by atomic mass is 32.1. The predicted octanol–water partition coefficient (Wildman–Crippen LogP) is 2.70. The Morgan fingerprint density at radius 3 is 2.50 bits per heavy atom. The van der Waals surface area contributed by atoms with E-state index in [1.807, 2.05) is 30.0 Å². The lowest BCUT2D eigenvalue weighted by molar-refractivity contribution is 0.0623. The summed E-state index contributed by atoms with van der Waals surface area (Å²) < 4.78 is 0. The summed E-state index contributed by atoms with van der Waals surface area (Å²) in [6.07, 6.45) is 0. The van der Waals surface area contributed by atoms with Crippen LogP contribution in [0.25, 0.3) is 0 Å². The van der Waals surface area contributed by atoms with E-state index in [1.165, 1.54) is 0 Å². The number of thiol groups is 1. The molecule has 0 spiro atoms. The zero-order valence-electron chi connectivity index (χ0n) is 12.6. The highest BCUT2D eigenvalue weighted by Crippen LogP contribution is 2.17. The van der Waals surface area contributed by atoms with Gasteiger partial charge in [-0.3, -0.25) is 9.69 Å². The molecule has 0 atom stereocenters. The predicted molar refractivity (Wildman–Crippen MR) is 85.6 cm³/mol. The summed E-state index contributed by atoms with van der Waals surface area (Å²) >= 11 is 4.33. The Labute approximate surface area is 127 Å². The maximum atomic E-state index is 12.6. The quantitative estimate of drug-likeness (QED) is 0.866. The first kappa shape index (κ1) is 15.4. The molecule has 1 saturated heterocycles. The van der Waals surface area contributed by atoms with Gasteiger partial charge in [0.25, 0.3) is 5.91 Å². The second kappa shape index (κ2) is 6.64. The van der Waals surface area contributed by atoms with Crippen molar-refractivity contribution in [2.75, 3.05) is 32.7 Å². The molecule has 110 valence electrons. The van der Waals surface area contributed by atoms with Gasteiger partial charge in [0.1, 0.15) is 0 Å². The molecule has 20 heavy (non-hydrogen) atoms. The summed E-state index contributed by atoms with van der Waals surface area (Å²) in [5.41, 5.74) is 1.81. The fraction of sp³-hybridized carbons (Fsp3) is 0.562. The van der Waals surface area contributed by atoms with Crippen molar-refractivity contribution in [3.63, 3.8) is 0 Å². The van der Waals surface area contributed by atoms with E-state index < -0.39 is 0 Å². The van der Waals surface area contributed by atoms with Gasteiger partial charge in [0.15, 0.2) is 0 Å². The summed E-state index contributed by atoms with van der Waals surface area (Å²) in [4.78, 5) is 17.8. The van der Waals surface area contributed by atoms with E-state index >= 15 is 0 Å². The molecule has 0 radical (unpaired) electrons. The highest BCUT2D eigenvalue weighted by Gasteiger charge is 2.23. The summed E-state index contributed by atoms with van der Waals surface area (Å²) in [5.74, 6) is 0.822. The maximum Gasteiger partial charge on any atom is 0.254 e. The average molecular weight is 292 g/mol. The van der Waals surface area contributed by atoms with Crippen molar-refractivity contribution < 1.29 is 4.79 Å². The Balaban J connectivity index is 2.00. The number of carbonyl (C=O) groups excluding carboxylic acids is 1. The van der Waals surface area contributed by atoms with Crippen molar-refractivity contribution in [1.29, 1.82) is 0 Å². The molecule has 1 aliphatic heterocycles. The number of amides is 1. The molecule has 3 nitrogen and oxygen atoms in total. The van der Waals surface area contributed by atoms with E-state index in [1.54, 1.807) is 0 Å². The van der Waals surface area contributed by atoms with Gasteiger partial charge in [-0.1, -0.05) is 19.9 Å². The Bertz CT molecular complexity index is 479. The number of piperazine rings is 1. The number of carbonyl (C=O) groups is 1. The van der Waals surface area contributed by atoms with Gasteiger partial charge < -0.3 is 4.90 Å². The van der Waals surface area contributed by atoms with Gasteiger partial charge >= 0.3 is 0 Å². The summed E-state index contributed by atoms with van der Waals surface area (Å²) in [7, 11) is 0. The van der Waals surface area contributed by atoms with Crippen LogP contribution in [-0.2, 0) is 0 Å². The minimum Gasteiger partial charge on any atom is -0.336 e. The van der Waals surface area contributed by atoms with E-state index in [4.69, 9.17) is 0 Å². The van der Waals surface area contributed by atoms with Crippen LogP contribution in [0.15, 0.2) is 23.1 Å². The van der Waals surface area contributed by atoms with Gasteiger partial charge in [-0.25, -0.2) is 0 Å². The first-order valence-electron chi connectivity index (χ1n) is 7.28. The Morgan fingerprint density at radius 2 is 1.90 bits per heavy atom. The molecule has 1 aromatic carbocycles. The van der Waals surface area contributed by atoms with E-state index in [0.29, 0.717) is 5.92 Å². The molecule has 2 rings (SSSR count). The van der Waals surface area contributed by atoms with E-state index in [9.17, 15) is 4.79 Å². The fourth-order valence-electron chi connectivity index (χ4n) is 2.66. The fourth-order valence-corrected chi connectivity index (χ4v) is 2.86. The van der Waals surface area contributed by atoms with Crippen molar-refractivity contribution >= 4 is 18.5 Å². The zero-order chi connectivity index (χ0) is 14.7. The van der Waals surface area contributed by atoms with E-state index in [0.717, 1.165) is 48.7 Å². The van der Waals surface area contributed by atoms with Gasteiger partial charge in [0, 0.05) is 43.2 Å². The molecule has 1 heterocycles. The van der Waals surface area contributed by atoms with Crippen LogP contribution in [0.3, 0.4) is 0 Å². The van der Waals surface area contributed by atoms with Gasteiger partial charge in [0.05, 0.1) is 0 Å². The van der Waals surface area contributed by atoms with Crippen LogP contribution in [0.1, 0.15) is 29.8 Å². The lowest BCUT2D eigenvalue weighted by atomic mass is 10.1. The number of aryl methyl sites for hydroxylation is 1. The van der Waals surface area contributed by atoms with Crippen molar-refractivity contribution in [3.05, 3.63) is 29.3 Å². The lowest BCUT2D eigenvalue weighted by Crippen LogP contribution is -2.49. The third-order valence-corrected chi connectivity index (χ3v) is 4.01. The van der Waals surface area contributed by atoms with Crippen molar-refractivity contribution in [2.45, 2.75) is 25.7 Å². The van der Waals surface area contributed by atoms with Crippen LogP contribution in [0.4, 0.5) is 0 Å². The highest BCUT2D eigenvalue weighted by molar-refractivity contribution is 7.80. The molecule has 0 N–H and O–H groups in total. The van der Waals surface area contributed by atoms with E-state index in [2.05, 4.69) is 31.4 Å². The molecular formula is C16H24N2OS. The standard InChI is InChI=1S/C16H24N2OS/c1-12(2)11-17-6-8-18(9-7-17)16(19)15-10-14(20)5-4-13(15)3/h4-5,10,12,20H,6-9,11H2,1-3H3. The zero-order valence-corrected chi connectivity index (χ0v) is 13.5. The largest absolute Gasteiger partial charge is 0.336 e. The summed E-state index contributed by atoms with van der Waals surface area (Å²) in [6, 6.07) is 5.77. The monoisotopic (exact) mass is 292 g/mol. The van der Waals surface area contributed by atoms with E-state index in [-0.39, 0.29) is 5.91 Å². The van der Waals surface area contributed by atoms with Gasteiger partial charge in [0.2, 0.25) is 0 Å². The smallest absolute Gasteiger partial charge is 0.254 e. The molecule has 1 aliphatic rings. The Morgan fingerprint density at radius 1 is 1.25 bits per heavy atom. The van der Waals surface area contributed by atoms with Crippen LogP contribution in [0.2, 0.25) is 0 Å². The molecule has 1 amide bonds. The molecule has 0 aliphatic carbocycles. The third-order valence-electron chi connectivity index (χ3n) is 3.73. The third kappa shape index (κ3) is 3.76. The maximum absolute atomic E-state index is 12.6. The second-order valence-corrected chi connectivity index (χ2v) is 6.50. The lowest BCUT2D eigenvalue weighted by Gasteiger charge is -2.35. The minimum atomic E-state index is 0.141. The SMILES string of the molecule is Cc1ccc(S)cc1C(=O)N1CCN(CC(C)C)CC1. The molecule has 0 aromatic heterocycles. The number of hydrogen-bond acceptors (Lipinski definition) is 3. The Hall–Kier alpha value is -1.00. The number of nitrogens with zero attached hydrogens (tertiary/aromatic N) is 2. The molecule has 0 saturated carbocycles. The first-order valence-corrected chi connectivity index (χ1v) is 7.73. The molecule has 4 heteroatoms. The molecule has 1 fully saturated rings. The summed E-state index contributed by atoms with van der Waals surface area (Å²) in [6.45, 7) is 11.2. The van der Waals surface area contributed by atoms with Crippen molar-refractivity contribution in [2.24, 2.45) is 5.92 Å².